The first-order valence-electron chi connectivity index (χ1n) is 5.56. The Labute approximate surface area is 108 Å². The molecular formula is C12H17NO4S. The first kappa shape index (κ1) is 14.5. The van der Waals surface area contributed by atoms with E-state index in [2.05, 4.69) is 5.32 Å². The van der Waals surface area contributed by atoms with Crippen LogP contribution in [0.3, 0.4) is 0 Å². The number of nitrogens with one attached hydrogen (secondary N) is 1. The molecule has 1 rings (SSSR count). The quantitative estimate of drug-likeness (QED) is 0.626. The number of anilines is 1. The molecule has 18 heavy (non-hydrogen) atoms. The van der Waals surface area contributed by atoms with Gasteiger partial charge >= 0.3 is 5.97 Å². The van der Waals surface area contributed by atoms with Crippen LogP contribution in [-0.4, -0.2) is 26.5 Å². The van der Waals surface area contributed by atoms with E-state index in [0.29, 0.717) is 12.3 Å². The molecule has 0 aromatic heterocycles. The zero-order chi connectivity index (χ0) is 13.8. The van der Waals surface area contributed by atoms with Crippen LogP contribution in [0, 0.1) is 0 Å². The van der Waals surface area contributed by atoms with Gasteiger partial charge in [0.15, 0.2) is 10.7 Å². The lowest BCUT2D eigenvalue weighted by Crippen LogP contribution is -2.41. The Balaban J connectivity index is 2.81. The zero-order valence-corrected chi connectivity index (χ0v) is 11.5. The predicted molar refractivity (Wildman–Crippen MR) is 69.4 cm³/mol. The fourth-order valence-corrected chi connectivity index (χ4v) is 1.78. The molecule has 0 saturated heterocycles. The van der Waals surface area contributed by atoms with Crippen LogP contribution in [0.4, 0.5) is 5.69 Å². The van der Waals surface area contributed by atoms with Crippen molar-refractivity contribution < 1.29 is 17.9 Å². The molecule has 0 heterocycles. The largest absolute Gasteiger partial charge is 0.464 e. The molecule has 0 saturated carbocycles. The second kappa shape index (κ2) is 5.86. The van der Waals surface area contributed by atoms with Gasteiger partial charge in [0.25, 0.3) is 0 Å². The van der Waals surface area contributed by atoms with Crippen LogP contribution < -0.4 is 5.32 Å². The predicted octanol–water partition coefficient (Wildman–Crippen LogP) is 1.41. The molecule has 0 unspecified atom stereocenters. The van der Waals surface area contributed by atoms with Gasteiger partial charge in [-0.2, -0.15) is 0 Å². The second-order valence-corrected chi connectivity index (χ2v) is 5.31. The van der Waals surface area contributed by atoms with E-state index in [1.165, 1.54) is 12.1 Å². The number of thiol groups is 1. The number of ether oxygens (including phenoxy) is 1. The number of esters is 1. The van der Waals surface area contributed by atoms with Crippen LogP contribution in [0.25, 0.3) is 0 Å². The third-order valence-electron chi connectivity index (χ3n) is 2.32. The summed E-state index contributed by atoms with van der Waals surface area (Å²) in [5, 5.41) is 3.00. The Morgan fingerprint density at radius 2 is 1.83 bits per heavy atom. The van der Waals surface area contributed by atoms with E-state index in [9.17, 15) is 13.2 Å². The number of carbonyl (C=O) groups excluding carboxylic acids is 1. The highest BCUT2D eigenvalue weighted by molar-refractivity contribution is 7.72. The fourth-order valence-electron chi connectivity index (χ4n) is 1.39. The molecule has 0 amide bonds. The van der Waals surface area contributed by atoms with E-state index in [4.69, 9.17) is 4.74 Å². The minimum atomic E-state index is -2.58. The smallest absolute Gasteiger partial charge is 0.331 e. The van der Waals surface area contributed by atoms with Crippen molar-refractivity contribution in [3.63, 3.8) is 0 Å². The van der Waals surface area contributed by atoms with Gasteiger partial charge in [-0.3, -0.25) is 0 Å². The lowest BCUT2D eigenvalue weighted by atomic mass is 10.1. The molecule has 6 heteroatoms. The summed E-state index contributed by atoms with van der Waals surface area (Å²) < 4.78 is 26.4. The number of rotatable bonds is 5. The van der Waals surface area contributed by atoms with Gasteiger partial charge < -0.3 is 10.1 Å². The molecule has 0 atom stereocenters. The maximum Gasteiger partial charge on any atom is 0.331 e. The number of benzene rings is 1. The molecule has 100 valence electrons. The summed E-state index contributed by atoms with van der Waals surface area (Å²) in [5.74, 6) is -0.357. The standard InChI is InChI=1S/C12H17NO4S/c1-4-17-11(14)12(2,3)13-9-5-7-10(8-6-9)18(15)16/h5-8,13,18H,4H2,1-3H3. The summed E-state index contributed by atoms with van der Waals surface area (Å²) in [6, 6.07) is 6.19. The molecule has 5 nitrogen and oxygen atoms in total. The Bertz CT molecular complexity index is 483. The molecule has 1 N–H and O–H groups in total. The van der Waals surface area contributed by atoms with Crippen LogP contribution >= 0.6 is 0 Å². The van der Waals surface area contributed by atoms with Crippen molar-refractivity contribution in [1.29, 1.82) is 0 Å². The third kappa shape index (κ3) is 3.73. The SMILES string of the molecule is CCOC(=O)C(C)(C)Nc1ccc([SH](=O)=O)cc1. The van der Waals surface area contributed by atoms with Crippen molar-refractivity contribution in [2.75, 3.05) is 11.9 Å². The molecular weight excluding hydrogens is 254 g/mol. The average Bonchev–Trinajstić information content (AvgIpc) is 2.29. The van der Waals surface area contributed by atoms with Gasteiger partial charge in [0, 0.05) is 5.69 Å². The highest BCUT2D eigenvalue weighted by Gasteiger charge is 2.28. The summed E-state index contributed by atoms with van der Waals surface area (Å²) in [5.41, 5.74) is -0.203. The van der Waals surface area contributed by atoms with Gasteiger partial charge in [0.05, 0.1) is 11.5 Å². The minimum absolute atomic E-state index is 0.240. The molecule has 0 aliphatic rings. The van der Waals surface area contributed by atoms with Crippen LogP contribution in [0.1, 0.15) is 20.8 Å². The van der Waals surface area contributed by atoms with Crippen molar-refractivity contribution in [3.05, 3.63) is 24.3 Å². The minimum Gasteiger partial charge on any atom is -0.464 e. The normalized spacial score (nSPS) is 11.3. The fraction of sp³-hybridized carbons (Fsp3) is 0.417. The average molecular weight is 271 g/mol. The van der Waals surface area contributed by atoms with Gasteiger partial charge in [0.2, 0.25) is 0 Å². The Hall–Kier alpha value is -1.56. The van der Waals surface area contributed by atoms with Crippen molar-refractivity contribution in [2.45, 2.75) is 31.2 Å². The Kier molecular flexibility index (Phi) is 4.72. The highest BCUT2D eigenvalue weighted by Crippen LogP contribution is 2.17. The summed E-state index contributed by atoms with van der Waals surface area (Å²) >= 11 is 0. The maximum absolute atomic E-state index is 11.7. The Morgan fingerprint density at radius 3 is 2.28 bits per heavy atom. The van der Waals surface area contributed by atoms with Gasteiger partial charge in [-0.15, -0.1) is 0 Å². The van der Waals surface area contributed by atoms with E-state index in [0.717, 1.165) is 0 Å². The molecule has 0 aliphatic carbocycles. The highest BCUT2D eigenvalue weighted by atomic mass is 32.2. The molecule has 0 aliphatic heterocycles. The van der Waals surface area contributed by atoms with E-state index in [1.807, 2.05) is 0 Å². The molecule has 0 fully saturated rings. The molecule has 1 aromatic rings. The molecule has 1 aromatic carbocycles. The topological polar surface area (TPSA) is 72.5 Å². The van der Waals surface area contributed by atoms with E-state index in [1.54, 1.807) is 32.9 Å². The summed E-state index contributed by atoms with van der Waals surface area (Å²) in [6.07, 6.45) is 0. The van der Waals surface area contributed by atoms with Gasteiger partial charge in [-0.25, -0.2) is 13.2 Å². The van der Waals surface area contributed by atoms with E-state index >= 15 is 0 Å². The summed E-state index contributed by atoms with van der Waals surface area (Å²) in [6.45, 7) is 5.47. The van der Waals surface area contributed by atoms with E-state index < -0.39 is 16.2 Å². The maximum atomic E-state index is 11.7. The van der Waals surface area contributed by atoms with Crippen molar-refractivity contribution >= 4 is 22.4 Å². The molecule has 0 spiro atoms. The molecule has 0 bridgehead atoms. The van der Waals surface area contributed by atoms with Crippen LogP contribution in [0.2, 0.25) is 0 Å². The first-order valence-corrected chi connectivity index (χ1v) is 6.74. The summed E-state index contributed by atoms with van der Waals surface area (Å²) in [4.78, 5) is 11.9. The van der Waals surface area contributed by atoms with Crippen LogP contribution in [-0.2, 0) is 20.2 Å². The van der Waals surface area contributed by atoms with E-state index in [-0.39, 0.29) is 10.9 Å². The summed E-state index contributed by atoms with van der Waals surface area (Å²) in [7, 11) is -2.58. The number of hydrogen-bond acceptors (Lipinski definition) is 5. The van der Waals surface area contributed by atoms with Gasteiger partial charge in [-0.1, -0.05) is 0 Å². The molecule has 0 radical (unpaired) electrons. The van der Waals surface area contributed by atoms with Crippen LogP contribution in [0.15, 0.2) is 29.2 Å². The number of carbonyl (C=O) groups is 1. The first-order chi connectivity index (χ1) is 8.36. The van der Waals surface area contributed by atoms with Gasteiger partial charge in [-0.05, 0) is 45.0 Å². The third-order valence-corrected chi connectivity index (χ3v) is 3.04. The lowest BCUT2D eigenvalue weighted by Gasteiger charge is -2.25. The van der Waals surface area contributed by atoms with Crippen molar-refractivity contribution in [3.8, 4) is 0 Å². The van der Waals surface area contributed by atoms with Crippen LogP contribution in [0.5, 0.6) is 0 Å². The van der Waals surface area contributed by atoms with Gasteiger partial charge in [0.1, 0.15) is 5.54 Å². The second-order valence-electron chi connectivity index (χ2n) is 4.27. The van der Waals surface area contributed by atoms with Crippen molar-refractivity contribution in [1.82, 2.24) is 0 Å². The lowest BCUT2D eigenvalue weighted by molar-refractivity contribution is -0.147. The zero-order valence-electron chi connectivity index (χ0n) is 10.6. The Morgan fingerprint density at radius 1 is 1.28 bits per heavy atom. The van der Waals surface area contributed by atoms with Crippen molar-refractivity contribution in [2.24, 2.45) is 0 Å². The number of hydrogen-bond donors (Lipinski definition) is 2. The monoisotopic (exact) mass is 271 g/mol.